The fraction of sp³-hybridized carbons (Fsp3) is 0.846. The highest BCUT2D eigenvalue weighted by Gasteiger charge is 2.37. The fourth-order valence-corrected chi connectivity index (χ4v) is 2.57. The summed E-state index contributed by atoms with van der Waals surface area (Å²) < 4.78 is 4.80. The van der Waals surface area contributed by atoms with E-state index in [1.807, 2.05) is 0 Å². The van der Waals surface area contributed by atoms with Crippen molar-refractivity contribution >= 4 is 11.9 Å². The number of amides is 1. The summed E-state index contributed by atoms with van der Waals surface area (Å²) in [4.78, 5) is 23.1. The second-order valence-electron chi connectivity index (χ2n) is 5.17. The molecule has 1 aliphatic rings. The van der Waals surface area contributed by atoms with Gasteiger partial charge < -0.3 is 20.9 Å². The van der Waals surface area contributed by atoms with Crippen molar-refractivity contribution in [2.75, 3.05) is 20.2 Å². The van der Waals surface area contributed by atoms with E-state index >= 15 is 0 Å². The van der Waals surface area contributed by atoms with Gasteiger partial charge in [0.1, 0.15) is 0 Å². The van der Waals surface area contributed by atoms with Gasteiger partial charge in [0.05, 0.1) is 12.0 Å². The molecule has 0 aromatic carbocycles. The quantitative estimate of drug-likeness (QED) is 0.611. The van der Waals surface area contributed by atoms with Crippen LogP contribution >= 0.6 is 0 Å². The first-order valence-electron chi connectivity index (χ1n) is 6.80. The van der Waals surface area contributed by atoms with E-state index in [0.29, 0.717) is 6.54 Å². The first kappa shape index (κ1) is 15.9. The van der Waals surface area contributed by atoms with Crippen LogP contribution in [0.3, 0.4) is 0 Å². The van der Waals surface area contributed by atoms with Gasteiger partial charge in [-0.1, -0.05) is 25.7 Å². The van der Waals surface area contributed by atoms with E-state index < -0.39 is 17.5 Å². The van der Waals surface area contributed by atoms with Gasteiger partial charge >= 0.3 is 5.97 Å². The average molecular weight is 272 g/mol. The summed E-state index contributed by atoms with van der Waals surface area (Å²) in [6.07, 6.45) is 4.80. The highest BCUT2D eigenvalue weighted by Crippen LogP contribution is 2.34. The largest absolute Gasteiger partial charge is 0.479 e. The van der Waals surface area contributed by atoms with E-state index in [1.165, 1.54) is 7.11 Å². The van der Waals surface area contributed by atoms with Gasteiger partial charge in [0.2, 0.25) is 5.91 Å². The number of carbonyl (C=O) groups excluding carboxylic acids is 1. The van der Waals surface area contributed by atoms with E-state index in [1.54, 1.807) is 0 Å². The molecule has 1 fully saturated rings. The predicted octanol–water partition coefficient (Wildman–Crippen LogP) is 0.502. The Balaban J connectivity index is 2.60. The number of rotatable bonds is 6. The number of carboxylic acid groups (broad SMARTS) is 1. The molecule has 6 nitrogen and oxygen atoms in total. The molecule has 1 unspecified atom stereocenters. The van der Waals surface area contributed by atoms with Crippen molar-refractivity contribution < 1.29 is 19.4 Å². The Morgan fingerprint density at radius 1 is 1.32 bits per heavy atom. The van der Waals surface area contributed by atoms with Crippen LogP contribution in [0.25, 0.3) is 0 Å². The maximum absolute atomic E-state index is 12.3. The molecule has 0 aromatic rings. The third kappa shape index (κ3) is 4.18. The van der Waals surface area contributed by atoms with Crippen LogP contribution in [0.4, 0.5) is 0 Å². The minimum Gasteiger partial charge on any atom is -0.479 e. The average Bonchev–Trinajstić information content (AvgIpc) is 2.65. The molecule has 1 amide bonds. The first-order chi connectivity index (χ1) is 9.05. The number of ether oxygens (including phenoxy) is 1. The van der Waals surface area contributed by atoms with Crippen molar-refractivity contribution in [1.29, 1.82) is 0 Å². The molecule has 1 saturated carbocycles. The lowest BCUT2D eigenvalue weighted by molar-refractivity contribution is -0.148. The Morgan fingerprint density at radius 3 is 2.32 bits per heavy atom. The van der Waals surface area contributed by atoms with Crippen molar-refractivity contribution in [3.63, 3.8) is 0 Å². The van der Waals surface area contributed by atoms with Crippen LogP contribution < -0.4 is 11.1 Å². The van der Waals surface area contributed by atoms with Gasteiger partial charge in [0.15, 0.2) is 6.10 Å². The zero-order valence-corrected chi connectivity index (χ0v) is 11.5. The molecule has 0 heterocycles. The van der Waals surface area contributed by atoms with Gasteiger partial charge in [-0.25, -0.2) is 4.79 Å². The molecule has 19 heavy (non-hydrogen) atoms. The number of nitrogens with one attached hydrogen (secondary N) is 1. The molecule has 110 valence electrons. The Hall–Kier alpha value is -1.14. The number of aliphatic carboxylic acids is 1. The monoisotopic (exact) mass is 272 g/mol. The first-order valence-corrected chi connectivity index (χ1v) is 6.80. The maximum atomic E-state index is 12.3. The molecule has 0 aromatic heterocycles. The van der Waals surface area contributed by atoms with Gasteiger partial charge in [-0.2, -0.15) is 0 Å². The van der Waals surface area contributed by atoms with Crippen molar-refractivity contribution in [3.8, 4) is 0 Å². The third-order valence-corrected chi connectivity index (χ3v) is 3.94. The summed E-state index contributed by atoms with van der Waals surface area (Å²) in [5.41, 5.74) is 5.26. The van der Waals surface area contributed by atoms with Gasteiger partial charge in [-0.05, 0) is 12.8 Å². The van der Waals surface area contributed by atoms with Crippen LogP contribution in [0.15, 0.2) is 0 Å². The van der Waals surface area contributed by atoms with Gasteiger partial charge in [-0.15, -0.1) is 0 Å². The second-order valence-corrected chi connectivity index (χ2v) is 5.17. The topological polar surface area (TPSA) is 102 Å². The van der Waals surface area contributed by atoms with E-state index in [4.69, 9.17) is 15.6 Å². The SMILES string of the molecule is COC(CNC(=O)C1(CN)CCCCCC1)C(=O)O. The normalized spacial score (nSPS) is 20.3. The van der Waals surface area contributed by atoms with E-state index in [9.17, 15) is 9.59 Å². The van der Waals surface area contributed by atoms with E-state index in [-0.39, 0.29) is 12.5 Å². The smallest absolute Gasteiger partial charge is 0.334 e. The van der Waals surface area contributed by atoms with Crippen LogP contribution in [-0.2, 0) is 14.3 Å². The van der Waals surface area contributed by atoms with E-state index in [0.717, 1.165) is 38.5 Å². The number of nitrogens with two attached hydrogens (primary N) is 1. The molecule has 0 saturated heterocycles. The second kappa shape index (κ2) is 7.45. The van der Waals surface area contributed by atoms with Gasteiger partial charge in [-0.3, -0.25) is 4.79 Å². The molecule has 0 aliphatic heterocycles. The lowest BCUT2D eigenvalue weighted by atomic mass is 9.79. The summed E-state index contributed by atoms with van der Waals surface area (Å²) in [5.74, 6) is -1.22. The van der Waals surface area contributed by atoms with Crippen LogP contribution in [0, 0.1) is 5.41 Å². The molecule has 1 rings (SSSR count). The lowest BCUT2D eigenvalue weighted by Crippen LogP contribution is -2.48. The Kier molecular flexibility index (Phi) is 6.24. The number of hydrogen-bond donors (Lipinski definition) is 3. The molecule has 4 N–H and O–H groups in total. The molecule has 1 atom stereocenters. The summed E-state index contributed by atoms with van der Waals surface area (Å²) in [6, 6.07) is 0. The Bertz CT molecular complexity index is 312. The highest BCUT2D eigenvalue weighted by molar-refractivity contribution is 5.83. The molecular weight excluding hydrogens is 248 g/mol. The maximum Gasteiger partial charge on any atom is 0.334 e. The summed E-state index contributed by atoms with van der Waals surface area (Å²) in [7, 11) is 1.31. The number of carboxylic acids is 1. The standard InChI is InChI=1S/C13H24N2O4/c1-19-10(11(16)17)8-15-12(18)13(9-14)6-4-2-3-5-7-13/h10H,2-9,14H2,1H3,(H,15,18)(H,16,17). The van der Waals surface area contributed by atoms with Gasteiger partial charge in [0, 0.05) is 13.7 Å². The fourth-order valence-electron chi connectivity index (χ4n) is 2.57. The number of methoxy groups -OCH3 is 1. The lowest BCUT2D eigenvalue weighted by Gasteiger charge is -2.30. The molecule has 1 aliphatic carbocycles. The van der Waals surface area contributed by atoms with E-state index in [2.05, 4.69) is 5.32 Å². The molecule has 0 spiro atoms. The van der Waals surface area contributed by atoms with Crippen LogP contribution in [0.2, 0.25) is 0 Å². The Morgan fingerprint density at radius 2 is 1.89 bits per heavy atom. The van der Waals surface area contributed by atoms with Crippen LogP contribution in [-0.4, -0.2) is 43.3 Å². The molecular formula is C13H24N2O4. The minimum absolute atomic E-state index is 0.0214. The Labute approximate surface area is 113 Å². The third-order valence-electron chi connectivity index (χ3n) is 3.94. The van der Waals surface area contributed by atoms with Crippen molar-refractivity contribution in [3.05, 3.63) is 0 Å². The molecule has 6 heteroatoms. The van der Waals surface area contributed by atoms with Crippen molar-refractivity contribution in [2.24, 2.45) is 11.1 Å². The molecule has 0 radical (unpaired) electrons. The zero-order chi connectivity index (χ0) is 14.3. The van der Waals surface area contributed by atoms with Crippen LogP contribution in [0.5, 0.6) is 0 Å². The van der Waals surface area contributed by atoms with Crippen molar-refractivity contribution in [2.45, 2.75) is 44.6 Å². The summed E-state index contributed by atoms with van der Waals surface area (Å²) in [5, 5.41) is 11.5. The zero-order valence-electron chi connectivity index (χ0n) is 11.5. The number of carbonyl (C=O) groups is 2. The van der Waals surface area contributed by atoms with Gasteiger partial charge in [0.25, 0.3) is 0 Å². The summed E-state index contributed by atoms with van der Waals surface area (Å²) in [6.45, 7) is 0.288. The predicted molar refractivity (Wildman–Crippen MR) is 70.6 cm³/mol. The molecule has 0 bridgehead atoms. The van der Waals surface area contributed by atoms with Crippen molar-refractivity contribution in [1.82, 2.24) is 5.32 Å². The highest BCUT2D eigenvalue weighted by atomic mass is 16.5. The summed E-state index contributed by atoms with van der Waals surface area (Å²) >= 11 is 0. The number of hydrogen-bond acceptors (Lipinski definition) is 4. The minimum atomic E-state index is -1.08. The van der Waals surface area contributed by atoms with Crippen LogP contribution in [0.1, 0.15) is 38.5 Å².